The average molecular weight is 522 g/mol. The van der Waals surface area contributed by atoms with Crippen LogP contribution in [-0.2, 0) is 9.57 Å². The van der Waals surface area contributed by atoms with Gasteiger partial charge in [0, 0.05) is 18.6 Å². The number of hydrogen-bond donors (Lipinski definition) is 2. The van der Waals surface area contributed by atoms with Crippen molar-refractivity contribution in [1.29, 1.82) is 0 Å². The molecule has 5 nitrogen and oxygen atoms in total. The molecule has 5 heteroatoms. The Kier molecular flexibility index (Phi) is 10.0. The SMILES string of the molecule is C=C1/C(=C\C=C2/CCC[C@]3(C)[C@@H]([C@H](C)COC/C(=N\OCCC)c4ccccc4)CC[C@@H]23)C[C@@H](O)C[C@@H]1O. The van der Waals surface area contributed by atoms with Gasteiger partial charge in [0.15, 0.2) is 0 Å². The molecule has 3 saturated carbocycles. The zero-order chi connectivity index (χ0) is 27.1. The van der Waals surface area contributed by atoms with Gasteiger partial charge in [-0.1, -0.05) is 80.6 Å². The molecule has 0 aliphatic heterocycles. The fourth-order valence-corrected chi connectivity index (χ4v) is 7.14. The number of hydrogen-bond acceptors (Lipinski definition) is 5. The Morgan fingerprint density at radius 1 is 1.21 bits per heavy atom. The fourth-order valence-electron chi connectivity index (χ4n) is 7.14. The van der Waals surface area contributed by atoms with Gasteiger partial charge >= 0.3 is 0 Å². The molecule has 3 aliphatic carbocycles. The third-order valence-corrected chi connectivity index (χ3v) is 9.19. The molecular formula is C33H47NO4. The van der Waals surface area contributed by atoms with Crippen LogP contribution in [-0.4, -0.2) is 48.0 Å². The van der Waals surface area contributed by atoms with Gasteiger partial charge in [0.25, 0.3) is 0 Å². The standard InChI is InChI=1S/C33H47NO4/c1-5-18-38-34-31(26-10-7-6-8-11-26)22-37-21-23(2)29-15-16-30-25(12-9-17-33(29,30)4)13-14-27-19-28(35)20-32(36)24(27)3/h6-8,10-11,13-14,23,28-30,32,35-36H,3,5,9,12,15-22H2,1-2,4H3/b25-13+,27-14-,34-31+/t23-,28-,29-,30+,32+,33-/m1/s1. The minimum Gasteiger partial charge on any atom is -0.396 e. The van der Waals surface area contributed by atoms with Crippen molar-refractivity contribution in [2.24, 2.45) is 28.3 Å². The van der Waals surface area contributed by atoms with E-state index in [1.807, 2.05) is 18.2 Å². The molecule has 2 N–H and O–H groups in total. The molecule has 6 atom stereocenters. The fraction of sp³-hybridized carbons (Fsp3) is 0.606. The molecule has 208 valence electrons. The van der Waals surface area contributed by atoms with Crippen molar-refractivity contribution in [3.63, 3.8) is 0 Å². The zero-order valence-electron chi connectivity index (χ0n) is 23.6. The topological polar surface area (TPSA) is 71.3 Å². The van der Waals surface area contributed by atoms with Gasteiger partial charge in [-0.3, -0.25) is 0 Å². The van der Waals surface area contributed by atoms with Gasteiger partial charge in [0.05, 0.1) is 18.8 Å². The minimum atomic E-state index is -0.637. The maximum absolute atomic E-state index is 10.2. The van der Waals surface area contributed by atoms with E-state index in [0.29, 0.717) is 50.4 Å². The van der Waals surface area contributed by atoms with Crippen molar-refractivity contribution in [1.82, 2.24) is 0 Å². The quantitative estimate of drug-likeness (QED) is 0.206. The summed E-state index contributed by atoms with van der Waals surface area (Å²) in [5.74, 6) is 1.65. The van der Waals surface area contributed by atoms with Crippen LogP contribution in [0.3, 0.4) is 0 Å². The molecule has 0 radical (unpaired) electrons. The van der Waals surface area contributed by atoms with Gasteiger partial charge in [-0.05, 0) is 79.3 Å². The molecule has 1 aromatic rings. The summed E-state index contributed by atoms with van der Waals surface area (Å²) in [6.45, 7) is 12.8. The molecular weight excluding hydrogens is 474 g/mol. The van der Waals surface area contributed by atoms with Gasteiger partial charge < -0.3 is 19.8 Å². The summed E-state index contributed by atoms with van der Waals surface area (Å²) in [5, 5.41) is 24.7. The van der Waals surface area contributed by atoms with E-state index in [4.69, 9.17) is 9.57 Å². The Morgan fingerprint density at radius 2 is 2.00 bits per heavy atom. The number of allylic oxidation sites excluding steroid dienone is 3. The molecule has 1 aromatic carbocycles. The minimum absolute atomic E-state index is 0.272. The summed E-state index contributed by atoms with van der Waals surface area (Å²) in [6.07, 6.45) is 11.2. The van der Waals surface area contributed by atoms with E-state index in [2.05, 4.69) is 56.8 Å². The summed E-state index contributed by atoms with van der Waals surface area (Å²) in [6, 6.07) is 10.2. The Labute approximate surface area is 229 Å². The lowest BCUT2D eigenvalue weighted by molar-refractivity contribution is 0.0448. The first-order chi connectivity index (χ1) is 18.3. The van der Waals surface area contributed by atoms with Crippen molar-refractivity contribution in [2.75, 3.05) is 19.8 Å². The molecule has 0 saturated heterocycles. The zero-order valence-corrected chi connectivity index (χ0v) is 23.6. The van der Waals surface area contributed by atoms with E-state index >= 15 is 0 Å². The van der Waals surface area contributed by atoms with Crippen LogP contribution in [0.2, 0.25) is 0 Å². The molecule has 0 bridgehead atoms. The molecule has 38 heavy (non-hydrogen) atoms. The van der Waals surface area contributed by atoms with E-state index in [1.54, 1.807) is 0 Å². The van der Waals surface area contributed by atoms with Crippen LogP contribution in [0.25, 0.3) is 0 Å². The number of fused-ring (bicyclic) bond motifs is 1. The average Bonchev–Trinajstić information content (AvgIpc) is 3.27. The van der Waals surface area contributed by atoms with Crippen LogP contribution >= 0.6 is 0 Å². The number of benzene rings is 1. The summed E-state index contributed by atoms with van der Waals surface area (Å²) in [4.78, 5) is 5.50. The second-order valence-electron chi connectivity index (χ2n) is 11.9. The van der Waals surface area contributed by atoms with Crippen LogP contribution in [0.15, 0.2) is 70.9 Å². The predicted molar refractivity (Wildman–Crippen MR) is 154 cm³/mol. The van der Waals surface area contributed by atoms with E-state index in [9.17, 15) is 10.2 Å². The third-order valence-electron chi connectivity index (χ3n) is 9.19. The van der Waals surface area contributed by atoms with Crippen molar-refractivity contribution < 1.29 is 19.8 Å². The van der Waals surface area contributed by atoms with E-state index in [1.165, 1.54) is 31.3 Å². The van der Waals surface area contributed by atoms with Gasteiger partial charge in [-0.25, -0.2) is 0 Å². The number of rotatable bonds is 10. The van der Waals surface area contributed by atoms with Crippen molar-refractivity contribution in [3.05, 3.63) is 71.3 Å². The molecule has 0 heterocycles. The highest BCUT2D eigenvalue weighted by Gasteiger charge is 2.50. The van der Waals surface area contributed by atoms with Crippen LogP contribution in [0, 0.1) is 23.2 Å². The highest BCUT2D eigenvalue weighted by Crippen LogP contribution is 2.59. The lowest BCUT2D eigenvalue weighted by Gasteiger charge is -2.44. The van der Waals surface area contributed by atoms with Crippen molar-refractivity contribution in [2.45, 2.75) is 84.3 Å². The molecule has 0 spiro atoms. The first-order valence-electron chi connectivity index (χ1n) is 14.6. The third kappa shape index (κ3) is 6.67. The monoisotopic (exact) mass is 521 g/mol. The number of oxime groups is 1. The van der Waals surface area contributed by atoms with Gasteiger partial charge in [-0.2, -0.15) is 0 Å². The Morgan fingerprint density at radius 3 is 2.76 bits per heavy atom. The van der Waals surface area contributed by atoms with E-state index in [0.717, 1.165) is 35.3 Å². The van der Waals surface area contributed by atoms with Crippen LogP contribution in [0.4, 0.5) is 0 Å². The predicted octanol–water partition coefficient (Wildman–Crippen LogP) is 6.61. The molecule has 3 aliphatic rings. The number of aliphatic hydroxyl groups excluding tert-OH is 2. The van der Waals surface area contributed by atoms with Crippen LogP contribution in [0.5, 0.6) is 0 Å². The maximum Gasteiger partial charge on any atom is 0.116 e. The first kappa shape index (κ1) is 28.8. The van der Waals surface area contributed by atoms with Crippen molar-refractivity contribution in [3.8, 4) is 0 Å². The first-order valence-corrected chi connectivity index (χ1v) is 14.6. The Bertz CT molecular complexity index is 1030. The lowest BCUT2D eigenvalue weighted by atomic mass is 9.61. The number of aliphatic hydroxyl groups is 2. The van der Waals surface area contributed by atoms with Gasteiger partial charge in [0.2, 0.25) is 0 Å². The summed E-state index contributed by atoms with van der Waals surface area (Å²) in [7, 11) is 0. The van der Waals surface area contributed by atoms with Crippen LogP contribution < -0.4 is 0 Å². The Balaban J connectivity index is 1.39. The summed E-state index contributed by atoms with van der Waals surface area (Å²) >= 11 is 0. The van der Waals surface area contributed by atoms with Crippen molar-refractivity contribution >= 4 is 5.71 Å². The molecule has 0 aromatic heterocycles. The van der Waals surface area contributed by atoms with E-state index in [-0.39, 0.29) is 5.41 Å². The van der Waals surface area contributed by atoms with Gasteiger partial charge in [-0.15, -0.1) is 0 Å². The lowest BCUT2D eigenvalue weighted by Crippen LogP contribution is -2.37. The molecule has 0 unspecified atom stereocenters. The number of nitrogens with zero attached hydrogens (tertiary/aromatic N) is 1. The number of ether oxygens (including phenoxy) is 1. The highest BCUT2D eigenvalue weighted by atomic mass is 16.6. The summed E-state index contributed by atoms with van der Waals surface area (Å²) in [5.41, 5.74) is 5.44. The smallest absolute Gasteiger partial charge is 0.116 e. The molecule has 3 fully saturated rings. The molecule has 0 amide bonds. The largest absolute Gasteiger partial charge is 0.396 e. The summed E-state index contributed by atoms with van der Waals surface area (Å²) < 4.78 is 6.27. The maximum atomic E-state index is 10.2. The Hall–Kier alpha value is -2.21. The van der Waals surface area contributed by atoms with Gasteiger partial charge in [0.1, 0.15) is 12.3 Å². The molecule has 4 rings (SSSR count). The second kappa shape index (κ2) is 13.2. The van der Waals surface area contributed by atoms with Crippen LogP contribution in [0.1, 0.15) is 77.7 Å². The normalized spacial score (nSPS) is 33.0. The van der Waals surface area contributed by atoms with E-state index < -0.39 is 12.2 Å². The highest BCUT2D eigenvalue weighted by molar-refractivity contribution is 6.01. The second-order valence-corrected chi connectivity index (χ2v) is 11.9.